The molecule has 0 aliphatic carbocycles. The number of nitrogens with two attached hydrogens (primary N) is 1. The van der Waals surface area contributed by atoms with Crippen LogP contribution in [0.25, 0.3) is 22.3 Å². The maximum absolute atomic E-state index is 12.1. The van der Waals surface area contributed by atoms with Gasteiger partial charge in [0.2, 0.25) is 0 Å². The fraction of sp³-hybridized carbons (Fsp3) is 0.250. The second kappa shape index (κ2) is 8.51. The van der Waals surface area contributed by atoms with Crippen LogP contribution in [0.2, 0.25) is 0 Å². The SMILES string of the molecule is CN[C@H]1CN(c2ccc(-c3cnc(N)c(-c4ccc5c(c4)CCNC5=O)c3)cc2)C(P)N1. The monoisotopic (exact) mass is 446 g/mol. The summed E-state index contributed by atoms with van der Waals surface area (Å²) in [6, 6.07) is 16.5. The van der Waals surface area contributed by atoms with Crippen LogP contribution >= 0.6 is 9.24 Å². The Kier molecular flexibility index (Phi) is 5.55. The maximum atomic E-state index is 12.1. The summed E-state index contributed by atoms with van der Waals surface area (Å²) in [6.07, 6.45) is 2.90. The van der Waals surface area contributed by atoms with E-state index >= 15 is 0 Å². The predicted molar refractivity (Wildman–Crippen MR) is 132 cm³/mol. The third-order valence-electron chi connectivity index (χ3n) is 6.23. The largest absolute Gasteiger partial charge is 0.383 e. The van der Waals surface area contributed by atoms with Gasteiger partial charge in [0.15, 0.2) is 0 Å². The van der Waals surface area contributed by atoms with Crippen molar-refractivity contribution in [1.29, 1.82) is 0 Å². The number of hydrogen-bond acceptors (Lipinski definition) is 6. The van der Waals surface area contributed by atoms with Gasteiger partial charge in [0, 0.05) is 41.7 Å². The summed E-state index contributed by atoms with van der Waals surface area (Å²) in [5, 5.41) is 9.64. The number of amides is 1. The number of hydrogen-bond donors (Lipinski definition) is 4. The van der Waals surface area contributed by atoms with Crippen molar-refractivity contribution in [2.75, 3.05) is 30.8 Å². The Hall–Kier alpha value is -2.99. The summed E-state index contributed by atoms with van der Waals surface area (Å²) in [5.74, 6) is 0.659. The number of fused-ring (bicyclic) bond motifs is 1. The van der Waals surface area contributed by atoms with Crippen LogP contribution in [0, 0.1) is 0 Å². The molecule has 0 saturated carbocycles. The first-order valence-electron chi connectivity index (χ1n) is 10.8. The zero-order valence-electron chi connectivity index (χ0n) is 17.9. The lowest BCUT2D eigenvalue weighted by Crippen LogP contribution is -2.38. The molecular formula is C24H27N6OP. The second-order valence-electron chi connectivity index (χ2n) is 8.19. The van der Waals surface area contributed by atoms with E-state index in [0.29, 0.717) is 12.4 Å². The highest BCUT2D eigenvalue weighted by atomic mass is 31.0. The van der Waals surface area contributed by atoms with Crippen molar-refractivity contribution < 1.29 is 4.79 Å². The lowest BCUT2D eigenvalue weighted by atomic mass is 9.94. The summed E-state index contributed by atoms with van der Waals surface area (Å²) < 4.78 is 0. The summed E-state index contributed by atoms with van der Waals surface area (Å²) in [6.45, 7) is 1.56. The van der Waals surface area contributed by atoms with E-state index in [4.69, 9.17) is 5.73 Å². The fourth-order valence-corrected chi connectivity index (χ4v) is 4.93. The average molecular weight is 446 g/mol. The highest BCUT2D eigenvalue weighted by Gasteiger charge is 2.27. The van der Waals surface area contributed by atoms with Crippen LogP contribution in [0.1, 0.15) is 15.9 Å². The fourth-order valence-electron chi connectivity index (χ4n) is 4.41. The van der Waals surface area contributed by atoms with E-state index in [0.717, 1.165) is 52.0 Å². The van der Waals surface area contributed by atoms with Crippen molar-refractivity contribution in [3.05, 3.63) is 65.9 Å². The average Bonchev–Trinajstić information content (AvgIpc) is 3.20. The second-order valence-corrected chi connectivity index (χ2v) is 8.82. The number of pyridine rings is 1. The summed E-state index contributed by atoms with van der Waals surface area (Å²) >= 11 is 0. The molecule has 2 aliphatic rings. The Bertz CT molecular complexity index is 1170. The van der Waals surface area contributed by atoms with Gasteiger partial charge in [-0.2, -0.15) is 0 Å². The molecule has 32 heavy (non-hydrogen) atoms. The van der Waals surface area contributed by atoms with Crippen LogP contribution in [0.5, 0.6) is 0 Å². The van der Waals surface area contributed by atoms with Crippen LogP contribution in [-0.2, 0) is 6.42 Å². The minimum atomic E-state index is -0.0142. The Morgan fingerprint density at radius 2 is 1.88 bits per heavy atom. The number of rotatable bonds is 4. The number of carbonyl (C=O) groups excluding carboxylic acids is 1. The lowest BCUT2D eigenvalue weighted by Gasteiger charge is -2.23. The van der Waals surface area contributed by atoms with Gasteiger partial charge in [0.05, 0.1) is 12.1 Å². The molecule has 0 bridgehead atoms. The molecule has 5 rings (SSSR count). The summed E-state index contributed by atoms with van der Waals surface area (Å²) in [5.41, 5.74) is 13.1. The highest BCUT2D eigenvalue weighted by Crippen LogP contribution is 2.33. The maximum Gasteiger partial charge on any atom is 0.251 e. The quantitative estimate of drug-likeness (QED) is 0.460. The van der Waals surface area contributed by atoms with Gasteiger partial charge in [0.1, 0.15) is 5.82 Å². The van der Waals surface area contributed by atoms with Gasteiger partial charge < -0.3 is 21.3 Å². The molecule has 8 heteroatoms. The molecule has 5 N–H and O–H groups in total. The van der Waals surface area contributed by atoms with Crippen molar-refractivity contribution in [2.24, 2.45) is 0 Å². The van der Waals surface area contributed by atoms with E-state index < -0.39 is 0 Å². The third kappa shape index (κ3) is 3.84. The Labute approximate surface area is 190 Å². The first-order valence-corrected chi connectivity index (χ1v) is 11.4. The molecule has 164 valence electrons. The van der Waals surface area contributed by atoms with Crippen molar-refractivity contribution in [1.82, 2.24) is 20.9 Å². The van der Waals surface area contributed by atoms with Crippen LogP contribution in [-0.4, -0.2) is 43.1 Å². The van der Waals surface area contributed by atoms with E-state index in [2.05, 4.69) is 71.5 Å². The molecule has 2 aliphatic heterocycles. The molecule has 2 unspecified atom stereocenters. The number of likely N-dealkylation sites (N-methyl/N-ethyl adjacent to an activating group) is 1. The zero-order chi connectivity index (χ0) is 22.2. The molecule has 0 spiro atoms. The number of carbonyl (C=O) groups is 1. The number of aromatic nitrogens is 1. The summed E-state index contributed by atoms with van der Waals surface area (Å²) in [7, 11) is 4.81. The lowest BCUT2D eigenvalue weighted by molar-refractivity contribution is 0.0946. The van der Waals surface area contributed by atoms with Crippen LogP contribution in [0.4, 0.5) is 11.5 Å². The van der Waals surface area contributed by atoms with Gasteiger partial charge in [-0.3, -0.25) is 10.1 Å². The third-order valence-corrected chi connectivity index (χ3v) is 6.78. The molecule has 1 fully saturated rings. The van der Waals surface area contributed by atoms with E-state index in [1.165, 1.54) is 0 Å². The highest BCUT2D eigenvalue weighted by molar-refractivity contribution is 7.17. The minimum absolute atomic E-state index is 0.0142. The summed E-state index contributed by atoms with van der Waals surface area (Å²) in [4.78, 5) is 18.8. The Morgan fingerprint density at radius 1 is 1.09 bits per heavy atom. The van der Waals surface area contributed by atoms with Crippen molar-refractivity contribution >= 4 is 26.7 Å². The van der Waals surface area contributed by atoms with Crippen LogP contribution in [0.15, 0.2) is 54.7 Å². The van der Waals surface area contributed by atoms with Gasteiger partial charge in [-0.15, -0.1) is 0 Å². The number of nitrogens with zero attached hydrogens (tertiary/aromatic N) is 2. The Morgan fingerprint density at radius 3 is 2.62 bits per heavy atom. The number of nitrogen functional groups attached to an aromatic ring is 1. The van der Waals surface area contributed by atoms with E-state index in [9.17, 15) is 4.79 Å². The first kappa shape index (κ1) is 20.9. The number of nitrogens with one attached hydrogen (secondary N) is 3. The molecular weight excluding hydrogens is 419 g/mol. The topological polar surface area (TPSA) is 95.3 Å². The van der Waals surface area contributed by atoms with Crippen LogP contribution < -0.4 is 26.6 Å². The van der Waals surface area contributed by atoms with E-state index in [1.807, 2.05) is 25.4 Å². The van der Waals surface area contributed by atoms with Gasteiger partial charge in [-0.1, -0.05) is 33.5 Å². The van der Waals surface area contributed by atoms with Crippen LogP contribution in [0.3, 0.4) is 0 Å². The molecule has 2 aromatic carbocycles. The molecule has 3 aromatic rings. The normalized spacial score (nSPS) is 20.2. The first-order chi connectivity index (χ1) is 15.5. The van der Waals surface area contributed by atoms with E-state index in [-0.39, 0.29) is 18.0 Å². The Balaban J connectivity index is 1.44. The molecule has 0 radical (unpaired) electrons. The van der Waals surface area contributed by atoms with Crippen molar-refractivity contribution in [2.45, 2.75) is 18.5 Å². The van der Waals surface area contributed by atoms with Crippen molar-refractivity contribution in [3.63, 3.8) is 0 Å². The van der Waals surface area contributed by atoms with Gasteiger partial charge in [0.25, 0.3) is 5.91 Å². The van der Waals surface area contributed by atoms with Gasteiger partial charge in [-0.05, 0) is 54.4 Å². The minimum Gasteiger partial charge on any atom is -0.383 e. The molecule has 1 amide bonds. The number of anilines is 2. The molecule has 1 aromatic heterocycles. The zero-order valence-corrected chi connectivity index (χ0v) is 19.1. The van der Waals surface area contributed by atoms with Crippen molar-refractivity contribution in [3.8, 4) is 22.3 Å². The smallest absolute Gasteiger partial charge is 0.251 e. The van der Waals surface area contributed by atoms with E-state index in [1.54, 1.807) is 0 Å². The standard InChI is InChI=1S/C24H27N6OP/c1-26-21-13-30(24(32)29-21)18-5-2-14(3-6-18)17-11-20(22(25)28-12-17)15-4-7-19-16(10-15)8-9-27-23(19)31/h2-7,10-12,21,24,26,29H,8-9,13,32H2,1H3,(H2,25,28)(H,27,31)/t21-,24?/m1/s1. The molecule has 1 saturated heterocycles. The molecule has 3 atom stereocenters. The number of benzene rings is 2. The molecule has 7 nitrogen and oxygen atoms in total. The molecule has 3 heterocycles. The van der Waals surface area contributed by atoms with Gasteiger partial charge in [-0.25, -0.2) is 4.98 Å². The van der Waals surface area contributed by atoms with Gasteiger partial charge >= 0.3 is 0 Å². The predicted octanol–water partition coefficient (Wildman–Crippen LogP) is 2.40.